The maximum atomic E-state index is 14.4. The fourth-order valence-electron chi connectivity index (χ4n) is 11.0. The molecule has 0 bridgehead atoms. The zero-order valence-electron chi connectivity index (χ0n) is 41.3. The Hall–Kier alpha value is -6.36. The zero-order chi connectivity index (χ0) is 50.1. The Kier molecular flexibility index (Phi) is 14.6. The van der Waals surface area contributed by atoms with Gasteiger partial charge in [-0.15, -0.1) is 0 Å². The summed E-state index contributed by atoms with van der Waals surface area (Å²) in [5.41, 5.74) is 13.6. The summed E-state index contributed by atoms with van der Waals surface area (Å²) in [6.45, 7) is 14.6. The third-order valence-electron chi connectivity index (χ3n) is 14.7. The number of nitrogens with zero attached hydrogens (tertiary/aromatic N) is 4. The number of ether oxygens (including phenoxy) is 3. The number of morpholine rings is 1. The first-order valence-electron chi connectivity index (χ1n) is 24.0. The van der Waals surface area contributed by atoms with Crippen LogP contribution in [-0.2, 0) is 44.5 Å². The fourth-order valence-corrected chi connectivity index (χ4v) is 11.0. The minimum atomic E-state index is -1.43. The number of likely N-dealkylation sites (tertiary alicyclic amines) is 2. The first-order chi connectivity index (χ1) is 32.7. The predicted molar refractivity (Wildman–Crippen MR) is 261 cm³/mol. The number of hydrogen-bond acceptors (Lipinski definition) is 11. The highest BCUT2D eigenvalue weighted by molar-refractivity contribution is 5.96. The summed E-state index contributed by atoms with van der Waals surface area (Å²) in [6.07, 6.45) is 1.82. The minimum absolute atomic E-state index is 0.102. The lowest BCUT2D eigenvalue weighted by Crippen LogP contribution is -2.61. The van der Waals surface area contributed by atoms with E-state index in [9.17, 15) is 28.8 Å². The number of carbonyl (C=O) groups excluding carboxylic acids is 6. The van der Waals surface area contributed by atoms with Crippen molar-refractivity contribution in [3.05, 3.63) is 95.1 Å². The van der Waals surface area contributed by atoms with Gasteiger partial charge in [-0.1, -0.05) is 90.1 Å². The molecule has 0 aromatic heterocycles. The van der Waals surface area contributed by atoms with E-state index in [0.29, 0.717) is 50.0 Å². The normalized spacial score (nSPS) is 23.8. The van der Waals surface area contributed by atoms with Crippen LogP contribution in [0.25, 0.3) is 0 Å². The molecule has 3 aromatic carbocycles. The number of hydrogen-bond donors (Lipinski definition) is 4. The Morgan fingerprint density at radius 3 is 1.32 bits per heavy atom. The number of alkyl carbamates (subject to hydrolysis) is 2. The van der Waals surface area contributed by atoms with Crippen LogP contribution in [0.3, 0.4) is 0 Å². The van der Waals surface area contributed by atoms with Crippen LogP contribution in [0.2, 0.25) is 0 Å². The third kappa shape index (κ3) is 9.66. The summed E-state index contributed by atoms with van der Waals surface area (Å²) in [7, 11) is 2.48. The van der Waals surface area contributed by atoms with Gasteiger partial charge in [-0.25, -0.2) is 9.59 Å². The molecular formula is C52H70N8O9. The highest BCUT2D eigenvalue weighted by Crippen LogP contribution is 2.49. The van der Waals surface area contributed by atoms with Crippen LogP contribution in [0.1, 0.15) is 114 Å². The van der Waals surface area contributed by atoms with Gasteiger partial charge in [0.2, 0.25) is 23.6 Å². The maximum Gasteiger partial charge on any atom is 0.407 e. The van der Waals surface area contributed by atoms with Gasteiger partial charge < -0.3 is 55.9 Å². The van der Waals surface area contributed by atoms with Gasteiger partial charge in [0.15, 0.2) is 0 Å². The standard InChI is InChI=1S/C52H70N8O9/c1-49(2,3)41(55-47(65)67-7)43(61)58-27-9-25-51(58,45(53)63)35-15-11-33(12-16-35)39-23-24-40(60(39)38-21-19-37(20-22-38)57-29-31-69-32-30-57)34-13-17-36(18-14-34)52(46(54)64)26-10-28-59(52)44(62)42(50(4,5)6)56-48(66)68-8/h11-22,39-42H,9-10,23-32H2,1-8H3,(H2,53,63)(H2,54,64)(H,55,65)(H,56,66)/t39-,40-,41-,42-,51+,52+/m1/s1. The second kappa shape index (κ2) is 19.9. The van der Waals surface area contributed by atoms with E-state index in [2.05, 4.69) is 44.7 Å². The predicted octanol–water partition coefficient (Wildman–Crippen LogP) is 5.75. The topological polar surface area (TPSA) is 219 Å². The van der Waals surface area contributed by atoms with Crippen molar-refractivity contribution in [1.82, 2.24) is 20.4 Å². The van der Waals surface area contributed by atoms with E-state index in [0.717, 1.165) is 48.4 Å². The van der Waals surface area contributed by atoms with Crippen molar-refractivity contribution in [3.8, 4) is 0 Å². The highest BCUT2D eigenvalue weighted by Gasteiger charge is 2.54. The first-order valence-corrected chi connectivity index (χ1v) is 24.0. The van der Waals surface area contributed by atoms with E-state index in [1.54, 1.807) is 0 Å². The molecule has 6 N–H and O–H groups in total. The molecule has 0 saturated carbocycles. The van der Waals surface area contributed by atoms with Gasteiger partial charge in [-0.2, -0.15) is 0 Å². The maximum absolute atomic E-state index is 14.4. The molecule has 372 valence electrons. The molecule has 4 fully saturated rings. The number of rotatable bonds is 12. The summed E-state index contributed by atoms with van der Waals surface area (Å²) in [4.78, 5) is 88.7. The molecule has 69 heavy (non-hydrogen) atoms. The highest BCUT2D eigenvalue weighted by atomic mass is 16.5. The molecule has 0 aliphatic carbocycles. The van der Waals surface area contributed by atoms with Crippen molar-refractivity contribution >= 4 is 47.2 Å². The lowest BCUT2D eigenvalue weighted by atomic mass is 9.82. The lowest BCUT2D eigenvalue weighted by molar-refractivity contribution is -0.147. The first kappa shape index (κ1) is 50.5. The molecule has 7 rings (SSSR count). The number of carbonyl (C=O) groups is 6. The number of nitrogens with one attached hydrogen (secondary N) is 2. The number of anilines is 2. The Bertz CT molecular complexity index is 2240. The second-order valence-corrected chi connectivity index (χ2v) is 20.9. The molecule has 4 heterocycles. The van der Waals surface area contributed by atoms with Gasteiger partial charge in [-0.3, -0.25) is 19.2 Å². The molecule has 17 nitrogen and oxygen atoms in total. The van der Waals surface area contributed by atoms with Crippen molar-refractivity contribution in [2.45, 2.75) is 115 Å². The Balaban J connectivity index is 1.23. The van der Waals surface area contributed by atoms with Crippen molar-refractivity contribution in [2.75, 3.05) is 63.4 Å². The molecule has 6 atom stereocenters. The SMILES string of the molecule is COC(=O)N[C@H](C(=O)N1CCC[C@@]1(C(N)=O)c1ccc([C@H]2CC[C@H](c3ccc([C@]4(C(N)=O)CCCN4C(=O)[C@@H](NC(=O)OC)C(C)(C)C)cc3)N2c2ccc(N3CCOCC3)cc2)cc1)C(C)(C)C. The van der Waals surface area contributed by atoms with Crippen molar-refractivity contribution < 1.29 is 43.0 Å². The van der Waals surface area contributed by atoms with Crippen LogP contribution in [-0.4, -0.2) is 111 Å². The Morgan fingerprint density at radius 1 is 0.594 bits per heavy atom. The average molecular weight is 951 g/mol. The van der Waals surface area contributed by atoms with Crippen molar-refractivity contribution in [1.29, 1.82) is 0 Å². The minimum Gasteiger partial charge on any atom is -0.453 e. The number of methoxy groups -OCH3 is 2. The monoisotopic (exact) mass is 951 g/mol. The van der Waals surface area contributed by atoms with E-state index in [1.807, 2.05) is 90.1 Å². The Labute approximate surface area is 405 Å². The van der Waals surface area contributed by atoms with E-state index in [4.69, 9.17) is 25.7 Å². The molecule has 0 spiro atoms. The summed E-state index contributed by atoms with van der Waals surface area (Å²) in [5, 5.41) is 5.39. The van der Waals surface area contributed by atoms with Crippen molar-refractivity contribution in [2.24, 2.45) is 22.3 Å². The quantitative estimate of drug-likeness (QED) is 0.171. The van der Waals surface area contributed by atoms with Gasteiger partial charge in [-0.05, 0) is 95.9 Å². The molecule has 4 saturated heterocycles. The summed E-state index contributed by atoms with van der Waals surface area (Å²) in [5.74, 6) is -2.12. The van der Waals surface area contributed by atoms with Gasteiger partial charge in [0, 0.05) is 37.6 Å². The van der Waals surface area contributed by atoms with Gasteiger partial charge >= 0.3 is 12.2 Å². The van der Waals surface area contributed by atoms with Crippen LogP contribution < -0.4 is 31.9 Å². The summed E-state index contributed by atoms with van der Waals surface area (Å²) in [6, 6.07) is 22.1. The number of amides is 6. The van der Waals surface area contributed by atoms with Crippen LogP contribution in [0.5, 0.6) is 0 Å². The van der Waals surface area contributed by atoms with Gasteiger partial charge in [0.05, 0.1) is 39.5 Å². The number of nitrogens with two attached hydrogens (primary N) is 2. The molecular weight excluding hydrogens is 881 g/mol. The number of benzene rings is 3. The van der Waals surface area contributed by atoms with Crippen LogP contribution in [0.4, 0.5) is 21.0 Å². The van der Waals surface area contributed by atoms with Gasteiger partial charge in [0.25, 0.3) is 0 Å². The van der Waals surface area contributed by atoms with E-state index >= 15 is 0 Å². The molecule has 17 heteroatoms. The summed E-state index contributed by atoms with van der Waals surface area (Å²) < 4.78 is 15.3. The zero-order valence-corrected chi connectivity index (χ0v) is 41.3. The van der Waals surface area contributed by atoms with Crippen molar-refractivity contribution in [3.63, 3.8) is 0 Å². The van der Waals surface area contributed by atoms with Crippen LogP contribution in [0, 0.1) is 10.8 Å². The molecule has 4 aliphatic heterocycles. The third-order valence-corrected chi connectivity index (χ3v) is 14.7. The average Bonchev–Trinajstić information content (AvgIpc) is 4.11. The van der Waals surface area contributed by atoms with Crippen LogP contribution in [0.15, 0.2) is 72.8 Å². The molecule has 0 radical (unpaired) electrons. The van der Waals surface area contributed by atoms with E-state index < -0.39 is 69.8 Å². The second-order valence-electron chi connectivity index (χ2n) is 20.9. The van der Waals surface area contributed by atoms with Gasteiger partial charge in [0.1, 0.15) is 23.2 Å². The number of primary amides is 2. The molecule has 6 amide bonds. The molecule has 4 aliphatic rings. The largest absolute Gasteiger partial charge is 0.453 e. The lowest BCUT2D eigenvalue weighted by Gasteiger charge is -2.41. The molecule has 3 aromatic rings. The Morgan fingerprint density at radius 2 is 0.971 bits per heavy atom. The molecule has 0 unspecified atom stereocenters. The van der Waals surface area contributed by atoms with Crippen LogP contribution >= 0.6 is 0 Å². The van der Waals surface area contributed by atoms with E-state index in [1.165, 1.54) is 24.0 Å². The smallest absolute Gasteiger partial charge is 0.407 e. The van der Waals surface area contributed by atoms with E-state index in [-0.39, 0.29) is 25.2 Å². The summed E-state index contributed by atoms with van der Waals surface area (Å²) >= 11 is 0. The fraction of sp³-hybridized carbons (Fsp3) is 0.538.